The number of halogens is 2. The summed E-state index contributed by atoms with van der Waals surface area (Å²) in [5, 5.41) is 8.37. The number of sulfonamides is 1. The van der Waals surface area contributed by atoms with Crippen LogP contribution >= 0.6 is 43.2 Å². The zero-order valence-corrected chi connectivity index (χ0v) is 16.5. The number of thiophene rings is 1. The molecule has 0 spiro atoms. The van der Waals surface area contributed by atoms with E-state index in [9.17, 15) is 13.2 Å². The van der Waals surface area contributed by atoms with Gasteiger partial charge in [-0.05, 0) is 43.3 Å². The Labute approximate surface area is 154 Å². The molecule has 2 aromatic rings. The molecular weight excluding hydrogens is 472 g/mol. The van der Waals surface area contributed by atoms with Gasteiger partial charge in [-0.25, -0.2) is 8.42 Å². The van der Waals surface area contributed by atoms with E-state index in [0.29, 0.717) is 26.4 Å². The van der Waals surface area contributed by atoms with Gasteiger partial charge in [-0.2, -0.15) is 9.40 Å². The zero-order valence-electron chi connectivity index (χ0n) is 11.7. The second-order valence-electron chi connectivity index (χ2n) is 4.83. The van der Waals surface area contributed by atoms with Crippen LogP contribution in [0.1, 0.15) is 10.5 Å². The molecule has 1 fully saturated rings. The van der Waals surface area contributed by atoms with E-state index in [4.69, 9.17) is 0 Å². The molecule has 1 amide bonds. The van der Waals surface area contributed by atoms with Crippen LogP contribution in [0.3, 0.4) is 0 Å². The summed E-state index contributed by atoms with van der Waals surface area (Å²) in [7, 11) is -3.46. The van der Waals surface area contributed by atoms with Gasteiger partial charge in [0.25, 0.3) is 15.9 Å². The molecule has 3 heterocycles. The van der Waals surface area contributed by atoms with Gasteiger partial charge in [0.2, 0.25) is 0 Å². The summed E-state index contributed by atoms with van der Waals surface area (Å²) >= 11 is 7.73. The summed E-state index contributed by atoms with van der Waals surface area (Å²) in [6.07, 6.45) is 0. The first-order valence-corrected chi connectivity index (χ1v) is 10.5. The number of hydrogen-bond acceptors (Lipinski definition) is 5. The van der Waals surface area contributed by atoms with E-state index in [1.165, 1.54) is 15.6 Å². The molecule has 11 heteroatoms. The van der Waals surface area contributed by atoms with Crippen molar-refractivity contribution in [1.82, 2.24) is 19.4 Å². The third kappa shape index (κ3) is 3.25. The second-order valence-corrected chi connectivity index (χ2v) is 9.53. The standard InChI is InChI=1S/C12H12Br2N4O3S2/c13-9-10(15-16-11(9)14)12(19)17-3-5-18(6-4-17)23(20,21)8-2-1-7-22-8/h1-2,7H,3-6H2,(H,15,16). The molecule has 1 aliphatic rings. The second kappa shape index (κ2) is 6.63. The smallest absolute Gasteiger partial charge is 0.275 e. The van der Waals surface area contributed by atoms with Crippen LogP contribution in [-0.4, -0.2) is 59.9 Å². The minimum Gasteiger partial charge on any atom is -0.335 e. The van der Waals surface area contributed by atoms with Crippen LogP contribution in [0.4, 0.5) is 0 Å². The number of carbonyl (C=O) groups excluding carboxylic acids is 1. The van der Waals surface area contributed by atoms with Crippen molar-refractivity contribution < 1.29 is 13.2 Å². The monoisotopic (exact) mass is 482 g/mol. The number of nitrogens with zero attached hydrogens (tertiary/aromatic N) is 3. The third-order valence-corrected chi connectivity index (χ3v) is 8.63. The van der Waals surface area contributed by atoms with Gasteiger partial charge in [0.05, 0.1) is 4.47 Å². The molecule has 2 aromatic heterocycles. The number of piperazine rings is 1. The summed E-state index contributed by atoms with van der Waals surface area (Å²) in [5.74, 6) is -0.230. The van der Waals surface area contributed by atoms with Crippen LogP contribution in [0.25, 0.3) is 0 Å². The molecule has 0 aliphatic carbocycles. The van der Waals surface area contributed by atoms with Gasteiger partial charge >= 0.3 is 0 Å². The van der Waals surface area contributed by atoms with Crippen molar-refractivity contribution in [2.24, 2.45) is 0 Å². The van der Waals surface area contributed by atoms with E-state index in [1.807, 2.05) is 0 Å². The van der Waals surface area contributed by atoms with E-state index < -0.39 is 10.0 Å². The first-order valence-electron chi connectivity index (χ1n) is 6.63. The fourth-order valence-corrected chi connectivity index (χ4v) is 5.46. The van der Waals surface area contributed by atoms with Crippen LogP contribution < -0.4 is 0 Å². The molecule has 1 N–H and O–H groups in total. The van der Waals surface area contributed by atoms with E-state index in [2.05, 4.69) is 42.1 Å². The molecule has 23 heavy (non-hydrogen) atoms. The van der Waals surface area contributed by atoms with Crippen LogP contribution in [0, 0.1) is 0 Å². The SMILES string of the molecule is O=C(c1n[nH]c(Br)c1Br)N1CCN(S(=O)(=O)c2cccs2)CC1. The van der Waals surface area contributed by atoms with Crippen molar-refractivity contribution in [3.63, 3.8) is 0 Å². The summed E-state index contributed by atoms with van der Waals surface area (Å²) in [4.78, 5) is 14.1. The van der Waals surface area contributed by atoms with Crippen LogP contribution in [-0.2, 0) is 10.0 Å². The minimum atomic E-state index is -3.46. The first-order chi connectivity index (χ1) is 10.9. The fraction of sp³-hybridized carbons (Fsp3) is 0.333. The van der Waals surface area contributed by atoms with Crippen molar-refractivity contribution in [3.8, 4) is 0 Å². The highest BCUT2D eigenvalue weighted by atomic mass is 79.9. The minimum absolute atomic E-state index is 0.230. The summed E-state index contributed by atoms with van der Waals surface area (Å²) in [6.45, 7) is 1.21. The van der Waals surface area contributed by atoms with E-state index in [1.54, 1.807) is 22.4 Å². The lowest BCUT2D eigenvalue weighted by atomic mass is 10.3. The number of rotatable bonds is 3. The number of carbonyl (C=O) groups is 1. The lowest BCUT2D eigenvalue weighted by Gasteiger charge is -2.33. The zero-order chi connectivity index (χ0) is 16.6. The Morgan fingerprint density at radius 2 is 1.96 bits per heavy atom. The predicted molar refractivity (Wildman–Crippen MR) is 93.0 cm³/mol. The number of amides is 1. The molecule has 124 valence electrons. The van der Waals surface area contributed by atoms with Gasteiger partial charge in [0, 0.05) is 26.2 Å². The maximum Gasteiger partial charge on any atom is 0.275 e. The predicted octanol–water partition coefficient (Wildman–Crippen LogP) is 2.14. The topological polar surface area (TPSA) is 86.4 Å². The Bertz CT molecular complexity index is 811. The number of hydrogen-bond donors (Lipinski definition) is 1. The van der Waals surface area contributed by atoms with Crippen molar-refractivity contribution in [3.05, 3.63) is 32.3 Å². The molecule has 0 atom stereocenters. The largest absolute Gasteiger partial charge is 0.335 e. The van der Waals surface area contributed by atoms with E-state index in [-0.39, 0.29) is 24.7 Å². The molecule has 1 saturated heterocycles. The van der Waals surface area contributed by atoms with E-state index in [0.717, 1.165) is 0 Å². The molecule has 3 rings (SSSR count). The number of nitrogens with one attached hydrogen (secondary N) is 1. The Hall–Kier alpha value is -0.750. The van der Waals surface area contributed by atoms with Crippen molar-refractivity contribution in [1.29, 1.82) is 0 Å². The van der Waals surface area contributed by atoms with Crippen LogP contribution in [0.2, 0.25) is 0 Å². The third-order valence-electron chi connectivity index (χ3n) is 3.48. The van der Waals surface area contributed by atoms with Gasteiger partial charge < -0.3 is 4.90 Å². The highest BCUT2D eigenvalue weighted by Gasteiger charge is 2.32. The average Bonchev–Trinajstić information content (AvgIpc) is 3.19. The average molecular weight is 484 g/mol. The summed E-state index contributed by atoms with van der Waals surface area (Å²) in [6, 6.07) is 3.31. The van der Waals surface area contributed by atoms with E-state index >= 15 is 0 Å². The fourth-order valence-electron chi connectivity index (χ4n) is 2.27. The van der Waals surface area contributed by atoms with Gasteiger partial charge in [-0.1, -0.05) is 6.07 Å². The maximum atomic E-state index is 12.5. The molecular formula is C12H12Br2N4O3S2. The van der Waals surface area contributed by atoms with Crippen molar-refractivity contribution in [2.75, 3.05) is 26.2 Å². The number of H-pyrrole nitrogens is 1. The molecule has 0 unspecified atom stereocenters. The molecule has 0 radical (unpaired) electrons. The Balaban J connectivity index is 1.69. The summed E-state index contributed by atoms with van der Waals surface area (Å²) < 4.78 is 27.8. The van der Waals surface area contributed by atoms with Gasteiger partial charge in [-0.3, -0.25) is 9.89 Å². The van der Waals surface area contributed by atoms with Crippen LogP contribution in [0.5, 0.6) is 0 Å². The quantitative estimate of drug-likeness (QED) is 0.724. The molecule has 7 nitrogen and oxygen atoms in total. The van der Waals surface area contributed by atoms with Gasteiger partial charge in [0.15, 0.2) is 5.69 Å². The molecule has 1 aliphatic heterocycles. The molecule has 0 saturated carbocycles. The van der Waals surface area contributed by atoms with Gasteiger partial charge in [0.1, 0.15) is 8.81 Å². The number of aromatic amines is 1. The maximum absolute atomic E-state index is 12.5. The summed E-state index contributed by atoms with van der Waals surface area (Å²) in [5.41, 5.74) is 0.284. The van der Waals surface area contributed by atoms with Crippen molar-refractivity contribution >= 4 is 59.1 Å². The number of aromatic nitrogens is 2. The normalized spacial score (nSPS) is 16.7. The Morgan fingerprint density at radius 1 is 1.26 bits per heavy atom. The van der Waals surface area contributed by atoms with Crippen molar-refractivity contribution in [2.45, 2.75) is 4.21 Å². The highest BCUT2D eigenvalue weighted by Crippen LogP contribution is 2.26. The lowest BCUT2D eigenvalue weighted by Crippen LogP contribution is -2.50. The Morgan fingerprint density at radius 3 is 2.48 bits per heavy atom. The molecule has 0 aromatic carbocycles. The lowest BCUT2D eigenvalue weighted by molar-refractivity contribution is 0.0691. The van der Waals surface area contributed by atoms with Gasteiger partial charge in [-0.15, -0.1) is 11.3 Å². The first kappa shape index (κ1) is 17.1. The Kier molecular flexibility index (Phi) is 4.93. The highest BCUT2D eigenvalue weighted by molar-refractivity contribution is 9.13. The molecule has 0 bridgehead atoms. The van der Waals surface area contributed by atoms with Crippen LogP contribution in [0.15, 0.2) is 30.8 Å².